The minimum atomic E-state index is -3.71. The van der Waals surface area contributed by atoms with Crippen molar-refractivity contribution in [1.82, 2.24) is 0 Å². The largest absolute Gasteiger partial charge is 0.469 e. The highest BCUT2D eigenvalue weighted by atomic mass is 32.2. The molecule has 0 aromatic heterocycles. The molecule has 1 aromatic carbocycles. The molecule has 0 heterocycles. The van der Waals surface area contributed by atoms with Gasteiger partial charge in [-0.05, 0) is 50.7 Å². The lowest BCUT2D eigenvalue weighted by Crippen LogP contribution is -2.26. The number of aryl methyl sites for hydroxylation is 1. The van der Waals surface area contributed by atoms with E-state index < -0.39 is 10.1 Å². The molecule has 0 spiro atoms. The first kappa shape index (κ1) is 17.0. The van der Waals surface area contributed by atoms with E-state index in [2.05, 4.69) is 4.74 Å². The van der Waals surface area contributed by atoms with Crippen LogP contribution in [-0.2, 0) is 23.8 Å². The van der Waals surface area contributed by atoms with Gasteiger partial charge in [-0.2, -0.15) is 8.42 Å². The third-order valence-electron chi connectivity index (χ3n) is 4.05. The van der Waals surface area contributed by atoms with E-state index in [-0.39, 0.29) is 22.9 Å². The summed E-state index contributed by atoms with van der Waals surface area (Å²) < 4.78 is 34.4. The summed E-state index contributed by atoms with van der Waals surface area (Å²) in [7, 11) is -2.33. The van der Waals surface area contributed by atoms with Gasteiger partial charge in [-0.1, -0.05) is 17.7 Å². The fraction of sp³-hybridized carbons (Fsp3) is 0.562. The number of benzene rings is 1. The molecule has 0 N–H and O–H groups in total. The molecule has 0 aliphatic heterocycles. The molecule has 6 heteroatoms. The van der Waals surface area contributed by atoms with Crippen LogP contribution in [0.5, 0.6) is 0 Å². The Labute approximate surface area is 131 Å². The van der Waals surface area contributed by atoms with Crippen molar-refractivity contribution in [3.05, 3.63) is 29.8 Å². The summed E-state index contributed by atoms with van der Waals surface area (Å²) in [6.07, 6.45) is 2.94. The lowest BCUT2D eigenvalue weighted by atomic mass is 9.85. The maximum absolute atomic E-state index is 12.2. The van der Waals surface area contributed by atoms with Gasteiger partial charge in [0.05, 0.1) is 18.1 Å². The third-order valence-corrected chi connectivity index (χ3v) is 5.42. The first-order chi connectivity index (χ1) is 10.4. The molecule has 122 valence electrons. The van der Waals surface area contributed by atoms with Crippen molar-refractivity contribution in [1.29, 1.82) is 0 Å². The van der Waals surface area contributed by atoms with E-state index in [1.165, 1.54) is 7.11 Å². The third kappa shape index (κ3) is 4.55. The van der Waals surface area contributed by atoms with Gasteiger partial charge in [0.15, 0.2) is 0 Å². The van der Waals surface area contributed by atoms with Gasteiger partial charge in [-0.25, -0.2) is 0 Å². The summed E-state index contributed by atoms with van der Waals surface area (Å²) >= 11 is 0. The van der Waals surface area contributed by atoms with Crippen LogP contribution in [0.1, 0.15) is 37.7 Å². The first-order valence-corrected chi connectivity index (χ1v) is 8.88. The highest BCUT2D eigenvalue weighted by Crippen LogP contribution is 2.30. The van der Waals surface area contributed by atoms with Gasteiger partial charge < -0.3 is 4.74 Å². The summed E-state index contributed by atoms with van der Waals surface area (Å²) in [4.78, 5) is 11.4. The number of hydrogen-bond donors (Lipinski definition) is 0. The molecule has 0 amide bonds. The van der Waals surface area contributed by atoms with Crippen molar-refractivity contribution in [3.63, 3.8) is 0 Å². The van der Waals surface area contributed by atoms with E-state index in [0.29, 0.717) is 19.3 Å². The standard InChI is InChI=1S/C16H22O5S/c1-12-3-9-15(10-4-12)22(18,19)21-14-7-5-13(6-8-14)11-16(17)20-2/h3-4,9-10,13-14H,5-8,11H2,1-2H3. The summed E-state index contributed by atoms with van der Waals surface area (Å²) in [5.74, 6) is 0.0472. The van der Waals surface area contributed by atoms with Crippen molar-refractivity contribution < 1.29 is 22.1 Å². The Morgan fingerprint density at radius 1 is 1.14 bits per heavy atom. The number of methoxy groups -OCH3 is 1. The van der Waals surface area contributed by atoms with Crippen molar-refractivity contribution in [2.45, 2.75) is 50.0 Å². The van der Waals surface area contributed by atoms with Crippen molar-refractivity contribution in [2.24, 2.45) is 5.92 Å². The molecule has 1 fully saturated rings. The molecule has 1 saturated carbocycles. The van der Waals surface area contributed by atoms with Gasteiger partial charge in [0.1, 0.15) is 0 Å². The Bertz CT molecular complexity index is 598. The van der Waals surface area contributed by atoms with Crippen LogP contribution in [0.3, 0.4) is 0 Å². The minimum Gasteiger partial charge on any atom is -0.469 e. The Morgan fingerprint density at radius 3 is 2.27 bits per heavy atom. The predicted octanol–water partition coefficient (Wildman–Crippen LogP) is 2.82. The smallest absolute Gasteiger partial charge is 0.305 e. The summed E-state index contributed by atoms with van der Waals surface area (Å²) in [5.41, 5.74) is 1.00. The molecule has 0 unspecified atom stereocenters. The molecule has 0 atom stereocenters. The van der Waals surface area contributed by atoms with E-state index >= 15 is 0 Å². The molecule has 1 aromatic rings. The Kier molecular flexibility index (Phi) is 5.58. The van der Waals surface area contributed by atoms with E-state index in [4.69, 9.17) is 4.18 Å². The van der Waals surface area contributed by atoms with E-state index in [9.17, 15) is 13.2 Å². The average molecular weight is 326 g/mol. The highest BCUT2D eigenvalue weighted by molar-refractivity contribution is 7.86. The maximum atomic E-state index is 12.2. The zero-order valence-corrected chi connectivity index (χ0v) is 13.8. The van der Waals surface area contributed by atoms with Gasteiger partial charge in [0.25, 0.3) is 10.1 Å². The second kappa shape index (κ2) is 7.24. The number of carbonyl (C=O) groups is 1. The molecule has 2 rings (SSSR count). The van der Waals surface area contributed by atoms with Gasteiger partial charge >= 0.3 is 5.97 Å². The van der Waals surface area contributed by atoms with Crippen LogP contribution >= 0.6 is 0 Å². The van der Waals surface area contributed by atoms with Crippen LogP contribution in [0.25, 0.3) is 0 Å². The van der Waals surface area contributed by atoms with Crippen LogP contribution in [0.4, 0.5) is 0 Å². The Morgan fingerprint density at radius 2 is 1.73 bits per heavy atom. The summed E-state index contributed by atoms with van der Waals surface area (Å²) in [6, 6.07) is 6.63. The van der Waals surface area contributed by atoms with E-state index in [0.717, 1.165) is 18.4 Å². The molecule has 22 heavy (non-hydrogen) atoms. The van der Waals surface area contributed by atoms with Crippen molar-refractivity contribution in [2.75, 3.05) is 7.11 Å². The molecular weight excluding hydrogens is 304 g/mol. The minimum absolute atomic E-state index is 0.190. The fourth-order valence-electron chi connectivity index (χ4n) is 2.69. The van der Waals surface area contributed by atoms with Crippen molar-refractivity contribution in [3.8, 4) is 0 Å². The average Bonchev–Trinajstić information content (AvgIpc) is 2.49. The monoisotopic (exact) mass is 326 g/mol. The van der Waals surface area contributed by atoms with Crippen LogP contribution < -0.4 is 0 Å². The second-order valence-corrected chi connectivity index (χ2v) is 7.36. The Balaban J connectivity index is 1.90. The van der Waals surface area contributed by atoms with Gasteiger partial charge in [-0.15, -0.1) is 0 Å². The SMILES string of the molecule is COC(=O)CC1CCC(OS(=O)(=O)c2ccc(C)cc2)CC1. The molecular formula is C16H22O5S. The number of carbonyl (C=O) groups excluding carboxylic acids is 1. The topological polar surface area (TPSA) is 69.7 Å². The zero-order chi connectivity index (χ0) is 16.2. The highest BCUT2D eigenvalue weighted by Gasteiger charge is 2.28. The molecule has 1 aliphatic carbocycles. The molecule has 1 aliphatic rings. The first-order valence-electron chi connectivity index (χ1n) is 7.47. The van der Waals surface area contributed by atoms with Gasteiger partial charge in [0.2, 0.25) is 0 Å². The van der Waals surface area contributed by atoms with Gasteiger partial charge in [-0.3, -0.25) is 8.98 Å². The lowest BCUT2D eigenvalue weighted by Gasteiger charge is -2.27. The molecule has 0 bridgehead atoms. The number of hydrogen-bond acceptors (Lipinski definition) is 5. The molecule has 0 saturated heterocycles. The van der Waals surface area contributed by atoms with Crippen LogP contribution in [-0.4, -0.2) is 27.6 Å². The van der Waals surface area contributed by atoms with Gasteiger partial charge in [0, 0.05) is 6.42 Å². The van der Waals surface area contributed by atoms with Crippen LogP contribution in [0.2, 0.25) is 0 Å². The number of rotatable bonds is 5. The Hall–Kier alpha value is -1.40. The second-order valence-electron chi connectivity index (χ2n) is 5.79. The maximum Gasteiger partial charge on any atom is 0.305 e. The molecule has 0 radical (unpaired) electrons. The van der Waals surface area contributed by atoms with Crippen LogP contribution in [0.15, 0.2) is 29.2 Å². The number of esters is 1. The quantitative estimate of drug-likeness (QED) is 0.615. The van der Waals surface area contributed by atoms with Crippen LogP contribution in [0, 0.1) is 12.8 Å². The zero-order valence-electron chi connectivity index (χ0n) is 12.9. The summed E-state index contributed by atoms with van der Waals surface area (Å²) in [5, 5.41) is 0. The lowest BCUT2D eigenvalue weighted by molar-refractivity contribution is -0.142. The van der Waals surface area contributed by atoms with E-state index in [1.807, 2.05) is 6.92 Å². The number of ether oxygens (including phenoxy) is 1. The fourth-order valence-corrected chi connectivity index (χ4v) is 3.82. The van der Waals surface area contributed by atoms with E-state index in [1.54, 1.807) is 24.3 Å². The normalized spacial score (nSPS) is 22.3. The summed E-state index contributed by atoms with van der Waals surface area (Å²) in [6.45, 7) is 1.90. The predicted molar refractivity (Wildman–Crippen MR) is 81.8 cm³/mol. The molecule has 5 nitrogen and oxygen atoms in total. The van der Waals surface area contributed by atoms with Crippen molar-refractivity contribution >= 4 is 16.1 Å².